The molecule has 0 saturated heterocycles. The molecule has 1 heterocycles. The monoisotopic (exact) mass is 276 g/mol. The van der Waals surface area contributed by atoms with Gasteiger partial charge in [-0.05, 0) is 12.1 Å². The molecule has 0 amide bonds. The second kappa shape index (κ2) is 10.6. The third-order valence-corrected chi connectivity index (χ3v) is 3.44. The zero-order valence-electron chi connectivity index (χ0n) is 11.0. The first-order valence-electron chi connectivity index (χ1n) is 6.31. The molecule has 0 nitrogen and oxygen atoms in total. The van der Waals surface area contributed by atoms with Crippen LogP contribution in [0.1, 0.15) is 42.5 Å². The number of hydrogen-bond acceptors (Lipinski definition) is 1. The van der Waals surface area contributed by atoms with Crippen molar-refractivity contribution in [1.82, 2.24) is 0 Å². The van der Waals surface area contributed by atoms with Gasteiger partial charge in [0.05, 0.1) is 0 Å². The molecule has 0 aliphatic rings. The van der Waals surface area contributed by atoms with Crippen molar-refractivity contribution in [3.63, 3.8) is 0 Å². The van der Waals surface area contributed by atoms with Gasteiger partial charge in [-0.3, -0.25) is 0 Å². The highest BCUT2D eigenvalue weighted by molar-refractivity contribution is 7.25. The predicted octanol–water partition coefficient (Wildman–Crippen LogP) is 7.38. The summed E-state index contributed by atoms with van der Waals surface area (Å²) >= 11 is 1.86. The zero-order valence-corrected chi connectivity index (χ0v) is 11.8. The van der Waals surface area contributed by atoms with Crippen molar-refractivity contribution >= 4 is 31.5 Å². The van der Waals surface area contributed by atoms with E-state index in [0.717, 1.165) is 0 Å². The number of benzene rings is 2. The highest BCUT2D eigenvalue weighted by Crippen LogP contribution is 2.32. The first-order valence-corrected chi connectivity index (χ1v) is 7.13. The lowest BCUT2D eigenvalue weighted by atomic mass is 10.2. The molecule has 0 atom stereocenters. The van der Waals surface area contributed by atoms with Crippen molar-refractivity contribution in [2.24, 2.45) is 0 Å². The van der Waals surface area contributed by atoms with E-state index < -0.39 is 0 Å². The lowest BCUT2D eigenvalue weighted by Crippen LogP contribution is -1.62. The van der Waals surface area contributed by atoms with E-state index in [4.69, 9.17) is 0 Å². The Morgan fingerprint density at radius 3 is 1.26 bits per heavy atom. The summed E-state index contributed by atoms with van der Waals surface area (Å²) in [7, 11) is 0. The van der Waals surface area contributed by atoms with Gasteiger partial charge in [0.2, 0.25) is 0 Å². The van der Waals surface area contributed by atoms with Crippen LogP contribution >= 0.6 is 11.3 Å². The quantitative estimate of drug-likeness (QED) is 0.402. The number of rotatable bonds is 0. The molecule has 0 fully saturated rings. The van der Waals surface area contributed by atoms with E-state index >= 15 is 0 Å². The molecular weight excluding hydrogens is 248 g/mol. The summed E-state index contributed by atoms with van der Waals surface area (Å²) in [4.78, 5) is 0. The van der Waals surface area contributed by atoms with Gasteiger partial charge >= 0.3 is 0 Å². The molecule has 0 radical (unpaired) electrons. The van der Waals surface area contributed by atoms with Crippen molar-refractivity contribution < 1.29 is 0 Å². The predicted molar refractivity (Wildman–Crippen MR) is 95.5 cm³/mol. The van der Waals surface area contributed by atoms with Crippen molar-refractivity contribution in [2.75, 3.05) is 0 Å². The molecule has 2 aromatic carbocycles. The second-order valence-corrected chi connectivity index (χ2v) is 4.18. The maximum Gasteiger partial charge on any atom is 0.0355 e. The zero-order chi connectivity index (χ0) is 12.7. The van der Waals surface area contributed by atoms with Crippen LogP contribution in [0.4, 0.5) is 0 Å². The van der Waals surface area contributed by atoms with Crippen molar-refractivity contribution in [1.29, 1.82) is 0 Å². The van der Waals surface area contributed by atoms with E-state index in [9.17, 15) is 0 Å². The largest absolute Gasteiger partial charge is 0.135 e. The van der Waals surface area contributed by atoms with E-state index in [2.05, 4.69) is 48.5 Å². The van der Waals surface area contributed by atoms with Crippen molar-refractivity contribution in [3.8, 4) is 0 Å². The minimum absolute atomic E-state index is 0. The average molecular weight is 276 g/mol. The van der Waals surface area contributed by atoms with Crippen LogP contribution in [0.25, 0.3) is 20.2 Å². The molecule has 106 valence electrons. The average Bonchev–Trinajstić information content (AvgIpc) is 2.82. The van der Waals surface area contributed by atoms with E-state index in [-0.39, 0.29) is 14.9 Å². The highest BCUT2D eigenvalue weighted by atomic mass is 32.1. The molecule has 0 bridgehead atoms. The van der Waals surface area contributed by atoms with E-state index in [1.165, 1.54) is 20.2 Å². The van der Waals surface area contributed by atoms with Crippen LogP contribution in [0.5, 0.6) is 0 Å². The first-order chi connectivity index (χ1) is 8.45. The first kappa shape index (κ1) is 20.0. The smallest absolute Gasteiger partial charge is 0.0355 e. The van der Waals surface area contributed by atoms with Crippen LogP contribution in [-0.4, -0.2) is 0 Å². The molecule has 0 aliphatic heterocycles. The molecule has 0 aliphatic carbocycles. The molecule has 0 saturated carbocycles. The second-order valence-electron chi connectivity index (χ2n) is 3.09. The van der Waals surface area contributed by atoms with Crippen LogP contribution in [0.3, 0.4) is 0 Å². The van der Waals surface area contributed by atoms with Crippen LogP contribution in [0.2, 0.25) is 0 Å². The van der Waals surface area contributed by atoms with Crippen molar-refractivity contribution in [3.05, 3.63) is 48.5 Å². The lowest BCUT2D eigenvalue weighted by molar-refractivity contribution is 1.50. The van der Waals surface area contributed by atoms with Gasteiger partial charge < -0.3 is 0 Å². The number of thiophene rings is 1. The van der Waals surface area contributed by atoms with Gasteiger partial charge in [-0.25, -0.2) is 0 Å². The standard InChI is InChI=1S/C12H8S.2C2H6.2CH4/c1-3-7-11-9(5-1)10-6-2-4-8-12(10)13-11;2*1-2;;/h1-8H;2*1-2H3;2*1H4. The molecule has 1 heteroatoms. The van der Waals surface area contributed by atoms with Crippen molar-refractivity contribution in [2.45, 2.75) is 42.5 Å². The normalized spacial score (nSPS) is 8.21. The molecule has 1 aromatic heterocycles. The van der Waals surface area contributed by atoms with Crippen LogP contribution < -0.4 is 0 Å². The summed E-state index contributed by atoms with van der Waals surface area (Å²) in [6, 6.07) is 17.1. The lowest BCUT2D eigenvalue weighted by Gasteiger charge is -1.88. The van der Waals surface area contributed by atoms with Gasteiger partial charge in [0.1, 0.15) is 0 Å². The Morgan fingerprint density at radius 2 is 0.895 bits per heavy atom. The Labute approximate surface area is 123 Å². The molecule has 0 N–H and O–H groups in total. The minimum Gasteiger partial charge on any atom is -0.135 e. The third-order valence-electron chi connectivity index (χ3n) is 2.28. The van der Waals surface area contributed by atoms with Gasteiger partial charge in [-0.1, -0.05) is 78.9 Å². The number of hydrogen-bond donors (Lipinski definition) is 0. The number of fused-ring (bicyclic) bond motifs is 3. The Hall–Kier alpha value is -1.34. The molecule has 3 rings (SSSR count). The summed E-state index contributed by atoms with van der Waals surface area (Å²) in [5.41, 5.74) is 0. The van der Waals surface area contributed by atoms with Crippen LogP contribution in [0, 0.1) is 0 Å². The van der Waals surface area contributed by atoms with Crippen LogP contribution in [-0.2, 0) is 0 Å². The van der Waals surface area contributed by atoms with E-state index in [1.54, 1.807) is 0 Å². The Morgan fingerprint density at radius 1 is 0.579 bits per heavy atom. The van der Waals surface area contributed by atoms with Gasteiger partial charge in [0.25, 0.3) is 0 Å². The fourth-order valence-electron chi connectivity index (χ4n) is 1.67. The summed E-state index contributed by atoms with van der Waals surface area (Å²) < 4.78 is 2.76. The maximum absolute atomic E-state index is 2.19. The fraction of sp³-hybridized carbons (Fsp3) is 0.333. The Balaban J connectivity index is 0. The summed E-state index contributed by atoms with van der Waals surface area (Å²) in [5, 5.41) is 2.76. The van der Waals surface area contributed by atoms with Gasteiger partial charge in [0.15, 0.2) is 0 Å². The Bertz CT molecular complexity index is 513. The van der Waals surface area contributed by atoms with Gasteiger partial charge in [-0.15, -0.1) is 11.3 Å². The minimum atomic E-state index is 0. The van der Waals surface area contributed by atoms with Gasteiger partial charge in [0, 0.05) is 20.2 Å². The Kier molecular flexibility index (Phi) is 11.1. The topological polar surface area (TPSA) is 0 Å². The summed E-state index contributed by atoms with van der Waals surface area (Å²) in [5.74, 6) is 0. The molecule has 0 unspecified atom stereocenters. The SMILES string of the molecule is C.C.CC.CC.c1ccc2c(c1)sc1ccccc12. The highest BCUT2D eigenvalue weighted by Gasteiger charge is 2.01. The van der Waals surface area contributed by atoms with Gasteiger partial charge in [-0.2, -0.15) is 0 Å². The molecule has 3 aromatic rings. The third kappa shape index (κ3) is 4.36. The molecule has 19 heavy (non-hydrogen) atoms. The van der Waals surface area contributed by atoms with E-state index in [1.807, 2.05) is 39.0 Å². The fourth-order valence-corrected chi connectivity index (χ4v) is 2.78. The summed E-state index contributed by atoms with van der Waals surface area (Å²) in [6.07, 6.45) is 0. The molecule has 0 spiro atoms. The summed E-state index contributed by atoms with van der Waals surface area (Å²) in [6.45, 7) is 8.00. The maximum atomic E-state index is 2.19. The van der Waals surface area contributed by atoms with E-state index in [0.29, 0.717) is 0 Å². The van der Waals surface area contributed by atoms with Crippen LogP contribution in [0.15, 0.2) is 48.5 Å². The molecular formula is C18H28S.